The van der Waals surface area contributed by atoms with E-state index in [9.17, 15) is 0 Å². The van der Waals surface area contributed by atoms with Crippen molar-refractivity contribution in [2.45, 2.75) is 6.04 Å². The first-order valence-corrected chi connectivity index (χ1v) is 6.54. The Morgan fingerprint density at radius 2 is 2.19 bits per heavy atom. The number of nitrogens with two attached hydrogens (primary N) is 1. The Kier molecular flexibility index (Phi) is 4.01. The summed E-state index contributed by atoms with van der Waals surface area (Å²) in [5, 5.41) is 0. The van der Waals surface area contributed by atoms with Gasteiger partial charge in [0.2, 0.25) is 0 Å². The van der Waals surface area contributed by atoms with Crippen molar-refractivity contribution in [3.05, 3.63) is 56.0 Å². The fourth-order valence-electron chi connectivity index (χ4n) is 1.52. The summed E-state index contributed by atoms with van der Waals surface area (Å²) in [5.41, 5.74) is 3.82. The SMILES string of the molecule is NNC(c1ccco1)c1cc(I)ccc1Br. The molecule has 1 aromatic carbocycles. The average molecular weight is 393 g/mol. The molecule has 1 aromatic heterocycles. The molecule has 2 rings (SSSR count). The average Bonchev–Trinajstić information content (AvgIpc) is 2.78. The van der Waals surface area contributed by atoms with Crippen molar-refractivity contribution in [1.29, 1.82) is 0 Å². The van der Waals surface area contributed by atoms with Gasteiger partial charge in [-0.15, -0.1) is 0 Å². The number of halogens is 2. The summed E-state index contributed by atoms with van der Waals surface area (Å²) < 4.78 is 7.53. The Morgan fingerprint density at radius 3 is 2.81 bits per heavy atom. The van der Waals surface area contributed by atoms with Gasteiger partial charge in [-0.1, -0.05) is 15.9 Å². The Balaban J connectivity index is 2.44. The minimum atomic E-state index is -0.140. The normalized spacial score (nSPS) is 12.7. The van der Waals surface area contributed by atoms with Crippen LogP contribution in [0.1, 0.15) is 17.4 Å². The van der Waals surface area contributed by atoms with Crippen LogP contribution >= 0.6 is 38.5 Å². The monoisotopic (exact) mass is 392 g/mol. The van der Waals surface area contributed by atoms with Crippen LogP contribution in [0.4, 0.5) is 0 Å². The van der Waals surface area contributed by atoms with Crippen molar-refractivity contribution >= 4 is 38.5 Å². The molecule has 1 unspecified atom stereocenters. The lowest BCUT2D eigenvalue weighted by molar-refractivity contribution is 0.451. The largest absolute Gasteiger partial charge is 0.467 e. The summed E-state index contributed by atoms with van der Waals surface area (Å²) in [6.07, 6.45) is 1.64. The molecule has 0 aliphatic carbocycles. The fourth-order valence-corrected chi connectivity index (χ4v) is 2.51. The molecule has 0 saturated carbocycles. The van der Waals surface area contributed by atoms with Gasteiger partial charge in [0, 0.05) is 8.04 Å². The molecule has 0 spiro atoms. The lowest BCUT2D eigenvalue weighted by Gasteiger charge is -2.15. The van der Waals surface area contributed by atoms with Gasteiger partial charge in [0.05, 0.1) is 6.26 Å². The highest BCUT2D eigenvalue weighted by molar-refractivity contribution is 14.1. The first-order chi connectivity index (χ1) is 7.72. The first kappa shape index (κ1) is 12.1. The first-order valence-electron chi connectivity index (χ1n) is 4.67. The van der Waals surface area contributed by atoms with Crippen LogP contribution in [-0.4, -0.2) is 0 Å². The van der Waals surface area contributed by atoms with E-state index < -0.39 is 0 Å². The molecule has 0 bridgehead atoms. The topological polar surface area (TPSA) is 51.2 Å². The van der Waals surface area contributed by atoms with Crippen LogP contribution in [0.3, 0.4) is 0 Å². The molecule has 3 nitrogen and oxygen atoms in total. The predicted octanol–water partition coefficient (Wildman–Crippen LogP) is 3.20. The Bertz CT molecular complexity index is 473. The lowest BCUT2D eigenvalue weighted by atomic mass is 10.1. The van der Waals surface area contributed by atoms with Crippen molar-refractivity contribution in [2.24, 2.45) is 5.84 Å². The maximum atomic E-state index is 5.58. The van der Waals surface area contributed by atoms with Crippen LogP contribution in [0, 0.1) is 3.57 Å². The molecule has 0 fully saturated rings. The summed E-state index contributed by atoms with van der Waals surface area (Å²) >= 11 is 5.79. The van der Waals surface area contributed by atoms with Crippen LogP contribution < -0.4 is 11.3 Å². The van der Waals surface area contributed by atoms with Crippen molar-refractivity contribution in [3.8, 4) is 0 Å². The highest BCUT2D eigenvalue weighted by atomic mass is 127. The van der Waals surface area contributed by atoms with Crippen molar-refractivity contribution in [1.82, 2.24) is 5.43 Å². The Morgan fingerprint density at radius 1 is 1.38 bits per heavy atom. The zero-order valence-corrected chi connectivity index (χ0v) is 12.0. The maximum absolute atomic E-state index is 5.58. The van der Waals surface area contributed by atoms with Gasteiger partial charge >= 0.3 is 0 Å². The Hall–Kier alpha value is -0.370. The predicted molar refractivity (Wildman–Crippen MR) is 74.7 cm³/mol. The van der Waals surface area contributed by atoms with E-state index in [-0.39, 0.29) is 6.04 Å². The maximum Gasteiger partial charge on any atom is 0.126 e. The number of hydrazine groups is 1. The summed E-state index contributed by atoms with van der Waals surface area (Å²) in [7, 11) is 0. The third-order valence-corrected chi connectivity index (χ3v) is 3.66. The van der Waals surface area contributed by atoms with Crippen LogP contribution in [0.15, 0.2) is 45.5 Å². The van der Waals surface area contributed by atoms with Gasteiger partial charge < -0.3 is 4.42 Å². The van der Waals surface area contributed by atoms with Crippen molar-refractivity contribution in [2.75, 3.05) is 0 Å². The van der Waals surface area contributed by atoms with E-state index in [0.717, 1.165) is 19.4 Å². The standard InChI is InChI=1S/C11H10BrIN2O/c12-9-4-3-7(13)6-8(9)11(15-14)10-2-1-5-16-10/h1-6,11,15H,14H2. The van der Waals surface area contributed by atoms with Crippen LogP contribution in [0.5, 0.6) is 0 Å². The van der Waals surface area contributed by atoms with Crippen LogP contribution in [0.25, 0.3) is 0 Å². The summed E-state index contributed by atoms with van der Waals surface area (Å²) in [6, 6.07) is 9.71. The highest BCUT2D eigenvalue weighted by Gasteiger charge is 2.17. The molecule has 0 aliphatic rings. The molecular weight excluding hydrogens is 383 g/mol. The second kappa shape index (κ2) is 5.31. The lowest BCUT2D eigenvalue weighted by Crippen LogP contribution is -2.28. The van der Waals surface area contributed by atoms with Gasteiger partial charge in [-0.3, -0.25) is 5.84 Å². The van der Waals surface area contributed by atoms with E-state index in [1.54, 1.807) is 6.26 Å². The number of benzene rings is 1. The van der Waals surface area contributed by atoms with Gasteiger partial charge in [-0.05, 0) is 58.5 Å². The minimum Gasteiger partial charge on any atom is -0.467 e. The summed E-state index contributed by atoms with van der Waals surface area (Å²) in [6.45, 7) is 0. The van der Waals surface area contributed by atoms with Crippen molar-refractivity contribution in [3.63, 3.8) is 0 Å². The third-order valence-electron chi connectivity index (χ3n) is 2.26. The molecule has 0 aliphatic heterocycles. The van der Waals surface area contributed by atoms with Gasteiger partial charge in [-0.2, -0.15) is 0 Å². The molecule has 16 heavy (non-hydrogen) atoms. The molecule has 2 aromatic rings. The molecule has 84 valence electrons. The minimum absolute atomic E-state index is 0.140. The second-order valence-corrected chi connectivity index (χ2v) is 5.38. The molecule has 5 heteroatoms. The summed E-state index contributed by atoms with van der Waals surface area (Å²) in [4.78, 5) is 0. The third kappa shape index (κ3) is 2.48. The van der Waals surface area contributed by atoms with Gasteiger partial charge in [0.1, 0.15) is 11.8 Å². The number of nitrogens with one attached hydrogen (secondary N) is 1. The summed E-state index contributed by atoms with van der Waals surface area (Å²) in [5.74, 6) is 6.38. The molecule has 0 radical (unpaired) electrons. The number of furan rings is 1. The van der Waals surface area contributed by atoms with Gasteiger partial charge in [0.15, 0.2) is 0 Å². The quantitative estimate of drug-likeness (QED) is 0.479. The Labute approximate surface area is 116 Å². The number of rotatable bonds is 3. The number of hydrogen-bond donors (Lipinski definition) is 2. The van der Waals surface area contributed by atoms with E-state index in [1.807, 2.05) is 24.3 Å². The molecular formula is C11H10BrIN2O. The van der Waals surface area contributed by atoms with E-state index in [0.29, 0.717) is 0 Å². The fraction of sp³-hybridized carbons (Fsp3) is 0.0909. The zero-order valence-electron chi connectivity index (χ0n) is 8.28. The molecule has 0 amide bonds. The highest BCUT2D eigenvalue weighted by Crippen LogP contribution is 2.29. The van der Waals surface area contributed by atoms with Gasteiger partial charge in [0.25, 0.3) is 0 Å². The van der Waals surface area contributed by atoms with Crippen LogP contribution in [-0.2, 0) is 0 Å². The smallest absolute Gasteiger partial charge is 0.126 e. The molecule has 1 atom stereocenters. The van der Waals surface area contributed by atoms with E-state index >= 15 is 0 Å². The second-order valence-electron chi connectivity index (χ2n) is 3.28. The number of hydrogen-bond acceptors (Lipinski definition) is 3. The van der Waals surface area contributed by atoms with Crippen LogP contribution in [0.2, 0.25) is 0 Å². The van der Waals surface area contributed by atoms with E-state index in [4.69, 9.17) is 10.3 Å². The molecule has 0 saturated heterocycles. The molecule has 3 N–H and O–H groups in total. The zero-order chi connectivity index (χ0) is 11.5. The van der Waals surface area contributed by atoms with E-state index in [2.05, 4.69) is 50.0 Å². The van der Waals surface area contributed by atoms with E-state index in [1.165, 1.54) is 0 Å². The van der Waals surface area contributed by atoms with Gasteiger partial charge in [-0.25, -0.2) is 5.43 Å². The van der Waals surface area contributed by atoms with Crippen molar-refractivity contribution < 1.29 is 4.42 Å². The molecule has 1 heterocycles.